The fourth-order valence-electron chi connectivity index (χ4n) is 1.91. The van der Waals surface area contributed by atoms with Gasteiger partial charge in [-0.1, -0.05) is 24.4 Å². The molecule has 0 bridgehead atoms. The molecule has 0 spiro atoms. The first-order chi connectivity index (χ1) is 9.63. The molecule has 5 nitrogen and oxygen atoms in total. The lowest BCUT2D eigenvalue weighted by atomic mass is 10.1. The van der Waals surface area contributed by atoms with E-state index in [-0.39, 0.29) is 5.78 Å². The molecular formula is C14H15NO4S. The Balaban J connectivity index is 2.08. The first-order valence-electron chi connectivity index (χ1n) is 6.23. The van der Waals surface area contributed by atoms with Crippen molar-refractivity contribution in [3.8, 4) is 0 Å². The molecule has 20 heavy (non-hydrogen) atoms. The van der Waals surface area contributed by atoms with Crippen molar-refractivity contribution < 1.29 is 19.1 Å². The maximum atomic E-state index is 12.3. The lowest BCUT2D eigenvalue weighted by molar-refractivity contribution is 0.0600. The van der Waals surface area contributed by atoms with Crippen LogP contribution in [0, 0.1) is 0 Å². The van der Waals surface area contributed by atoms with Gasteiger partial charge in [-0.3, -0.25) is 4.79 Å². The number of carbonyl (C=O) groups excluding carboxylic acids is 2. The third-order valence-electron chi connectivity index (χ3n) is 3.06. The van der Waals surface area contributed by atoms with Crippen LogP contribution < -0.4 is 0 Å². The van der Waals surface area contributed by atoms with E-state index in [1.165, 1.54) is 7.11 Å². The van der Waals surface area contributed by atoms with Crippen molar-refractivity contribution in [3.05, 3.63) is 35.4 Å². The average molecular weight is 293 g/mol. The van der Waals surface area contributed by atoms with E-state index < -0.39 is 5.97 Å². The molecule has 0 saturated carbocycles. The van der Waals surface area contributed by atoms with Crippen LogP contribution in [0.25, 0.3) is 0 Å². The van der Waals surface area contributed by atoms with Crippen molar-refractivity contribution in [1.82, 2.24) is 4.90 Å². The largest absolute Gasteiger partial charge is 0.465 e. The minimum Gasteiger partial charge on any atom is -0.465 e. The highest BCUT2D eigenvalue weighted by atomic mass is 32.1. The Bertz CT molecular complexity index is 520. The number of benzene rings is 1. The summed E-state index contributed by atoms with van der Waals surface area (Å²) in [6, 6.07) is 6.28. The Morgan fingerprint density at radius 1 is 1.15 bits per heavy atom. The molecule has 0 aliphatic carbocycles. The highest BCUT2D eigenvalue weighted by Crippen LogP contribution is 2.10. The lowest BCUT2D eigenvalue weighted by Crippen LogP contribution is -2.43. The van der Waals surface area contributed by atoms with Gasteiger partial charge in [-0.15, -0.1) is 0 Å². The number of rotatable bonds is 3. The molecule has 0 aromatic heterocycles. The second-order valence-corrected chi connectivity index (χ2v) is 4.69. The summed E-state index contributed by atoms with van der Waals surface area (Å²) in [6.07, 6.45) is 0. The Labute approximate surface area is 122 Å². The van der Waals surface area contributed by atoms with Gasteiger partial charge in [0.05, 0.1) is 25.9 Å². The fraction of sp³-hybridized carbons (Fsp3) is 0.357. The van der Waals surface area contributed by atoms with Crippen molar-refractivity contribution >= 4 is 29.0 Å². The number of hydrogen-bond donors (Lipinski definition) is 0. The number of esters is 1. The smallest absolute Gasteiger partial charge is 0.337 e. The molecule has 0 radical (unpaired) electrons. The maximum absolute atomic E-state index is 12.3. The molecular weight excluding hydrogens is 278 g/mol. The summed E-state index contributed by atoms with van der Waals surface area (Å²) in [5.74, 6) is -0.641. The molecule has 1 aromatic rings. The highest BCUT2D eigenvalue weighted by Gasteiger charge is 2.21. The van der Waals surface area contributed by atoms with E-state index in [1.54, 1.807) is 24.3 Å². The monoisotopic (exact) mass is 293 g/mol. The third kappa shape index (κ3) is 3.20. The van der Waals surface area contributed by atoms with E-state index in [1.807, 2.05) is 4.90 Å². The summed E-state index contributed by atoms with van der Waals surface area (Å²) < 4.78 is 9.83. The molecule has 0 N–H and O–H groups in total. The maximum Gasteiger partial charge on any atom is 0.337 e. The van der Waals surface area contributed by atoms with E-state index in [0.29, 0.717) is 42.4 Å². The second-order valence-electron chi connectivity index (χ2n) is 4.30. The summed E-state index contributed by atoms with van der Waals surface area (Å²) in [5.41, 5.74) is 0.871. The van der Waals surface area contributed by atoms with E-state index in [4.69, 9.17) is 17.0 Å². The topological polar surface area (TPSA) is 55.8 Å². The predicted molar refractivity (Wildman–Crippen MR) is 77.1 cm³/mol. The summed E-state index contributed by atoms with van der Waals surface area (Å²) in [6.45, 7) is 2.42. The van der Waals surface area contributed by atoms with Crippen molar-refractivity contribution in [2.24, 2.45) is 0 Å². The van der Waals surface area contributed by atoms with Gasteiger partial charge in [0.1, 0.15) is 0 Å². The van der Waals surface area contributed by atoms with Crippen LogP contribution in [0.5, 0.6) is 0 Å². The predicted octanol–water partition coefficient (Wildman–Crippen LogP) is 1.32. The molecule has 2 rings (SSSR count). The number of methoxy groups -OCH3 is 1. The Hall–Kier alpha value is -1.79. The molecule has 0 atom stereocenters. The zero-order chi connectivity index (χ0) is 14.5. The van der Waals surface area contributed by atoms with Gasteiger partial charge in [-0.25, -0.2) is 4.79 Å². The minimum absolute atomic E-state index is 0.210. The highest BCUT2D eigenvalue weighted by molar-refractivity contribution is 7.82. The molecule has 106 valence electrons. The molecule has 1 heterocycles. The molecule has 6 heteroatoms. The fourth-order valence-corrected chi connectivity index (χ4v) is 2.21. The summed E-state index contributed by atoms with van der Waals surface area (Å²) in [5, 5.41) is 0. The van der Waals surface area contributed by atoms with Crippen LogP contribution in [0.2, 0.25) is 0 Å². The zero-order valence-electron chi connectivity index (χ0n) is 11.1. The van der Waals surface area contributed by atoms with Crippen LogP contribution in [0.1, 0.15) is 20.7 Å². The van der Waals surface area contributed by atoms with Crippen LogP contribution in [-0.2, 0) is 9.47 Å². The van der Waals surface area contributed by atoms with Gasteiger partial charge in [0.15, 0.2) is 4.99 Å². The molecule has 1 aromatic carbocycles. The van der Waals surface area contributed by atoms with Crippen molar-refractivity contribution in [3.63, 3.8) is 0 Å². The van der Waals surface area contributed by atoms with E-state index in [2.05, 4.69) is 4.74 Å². The molecule has 0 amide bonds. The van der Waals surface area contributed by atoms with Crippen LogP contribution in [0.4, 0.5) is 0 Å². The lowest BCUT2D eigenvalue weighted by Gasteiger charge is -2.28. The number of Topliss-reactive ketones (excluding diaryl/α,β-unsaturated/α-hetero) is 1. The number of nitrogens with zero attached hydrogens (tertiary/aromatic N) is 1. The third-order valence-corrected chi connectivity index (χ3v) is 3.50. The minimum atomic E-state index is -0.431. The van der Waals surface area contributed by atoms with Gasteiger partial charge in [-0.2, -0.15) is 0 Å². The van der Waals surface area contributed by atoms with Gasteiger partial charge >= 0.3 is 5.97 Å². The molecule has 1 fully saturated rings. The summed E-state index contributed by atoms with van der Waals surface area (Å²) in [7, 11) is 1.31. The zero-order valence-corrected chi connectivity index (χ0v) is 11.9. The van der Waals surface area contributed by atoms with Crippen LogP contribution in [0.3, 0.4) is 0 Å². The number of morpholine rings is 1. The van der Waals surface area contributed by atoms with Gasteiger partial charge in [0.2, 0.25) is 5.78 Å². The second kappa shape index (κ2) is 6.58. The number of thiocarbonyl (C=S) groups is 1. The van der Waals surface area contributed by atoms with E-state index in [0.717, 1.165) is 0 Å². The van der Waals surface area contributed by atoms with Gasteiger partial charge in [0, 0.05) is 18.7 Å². The van der Waals surface area contributed by atoms with Crippen LogP contribution in [0.15, 0.2) is 24.3 Å². The van der Waals surface area contributed by atoms with E-state index >= 15 is 0 Å². The first kappa shape index (κ1) is 14.6. The number of hydrogen-bond acceptors (Lipinski definition) is 5. The van der Waals surface area contributed by atoms with Crippen LogP contribution >= 0.6 is 12.2 Å². The molecule has 1 saturated heterocycles. The summed E-state index contributed by atoms with van der Waals surface area (Å²) in [4.78, 5) is 25.7. The Morgan fingerprint density at radius 2 is 1.70 bits per heavy atom. The van der Waals surface area contributed by atoms with Crippen LogP contribution in [-0.4, -0.2) is 55.1 Å². The first-order valence-corrected chi connectivity index (χ1v) is 6.64. The normalized spacial score (nSPS) is 14.8. The molecule has 0 unspecified atom stereocenters. The van der Waals surface area contributed by atoms with Crippen molar-refractivity contribution in [2.75, 3.05) is 33.4 Å². The number of carbonyl (C=O) groups is 2. The van der Waals surface area contributed by atoms with Crippen molar-refractivity contribution in [2.45, 2.75) is 0 Å². The Kier molecular flexibility index (Phi) is 4.81. The summed E-state index contributed by atoms with van der Waals surface area (Å²) >= 11 is 5.22. The SMILES string of the molecule is COC(=O)c1ccc(C(=O)C(=S)N2CCOCC2)cc1. The van der Waals surface area contributed by atoms with Crippen molar-refractivity contribution in [1.29, 1.82) is 0 Å². The van der Waals surface area contributed by atoms with Gasteiger partial charge in [-0.05, 0) is 12.1 Å². The molecule has 1 aliphatic heterocycles. The quantitative estimate of drug-likeness (QED) is 0.476. The standard InChI is InChI=1S/C14H15NO4S/c1-18-14(17)11-4-2-10(3-5-11)12(16)13(20)15-6-8-19-9-7-15/h2-5H,6-9H2,1H3. The van der Waals surface area contributed by atoms with E-state index in [9.17, 15) is 9.59 Å². The van der Waals surface area contributed by atoms with Gasteiger partial charge < -0.3 is 14.4 Å². The Morgan fingerprint density at radius 3 is 2.25 bits per heavy atom. The number of ketones is 1. The number of ether oxygens (including phenoxy) is 2. The van der Waals surface area contributed by atoms with Gasteiger partial charge in [0.25, 0.3) is 0 Å². The average Bonchev–Trinajstić information content (AvgIpc) is 2.53. The molecule has 1 aliphatic rings.